The molecule has 1 aromatic heterocycles. The van der Waals surface area contributed by atoms with E-state index in [0.29, 0.717) is 11.5 Å². The first-order chi connectivity index (χ1) is 11.5. The normalized spacial score (nSPS) is 15.6. The minimum absolute atomic E-state index is 0.0260. The predicted molar refractivity (Wildman–Crippen MR) is 97.5 cm³/mol. The van der Waals surface area contributed by atoms with Crippen molar-refractivity contribution in [2.45, 2.75) is 51.5 Å². The van der Waals surface area contributed by atoms with Crippen LogP contribution >= 0.6 is 15.9 Å². The van der Waals surface area contributed by atoms with Gasteiger partial charge in [0.2, 0.25) is 0 Å². The Hall–Kier alpha value is -1.62. The van der Waals surface area contributed by atoms with Gasteiger partial charge in [0.15, 0.2) is 5.78 Å². The number of ether oxygens (including phenoxy) is 1. The summed E-state index contributed by atoms with van der Waals surface area (Å²) in [6, 6.07) is 5.79. The van der Waals surface area contributed by atoms with Crippen LogP contribution in [0.5, 0.6) is 0 Å². The van der Waals surface area contributed by atoms with E-state index in [1.807, 2.05) is 22.8 Å². The quantitative estimate of drug-likeness (QED) is 0.553. The Morgan fingerprint density at radius 1 is 1.25 bits per heavy atom. The highest BCUT2D eigenvalue weighted by atomic mass is 79.9. The fraction of sp³-hybridized carbons (Fsp3) is 0.474. The molecule has 3 rings (SSSR count). The maximum absolute atomic E-state index is 11.9. The summed E-state index contributed by atoms with van der Waals surface area (Å²) >= 11 is 3.72. The number of nitrogens with zero attached hydrogens (tertiary/aromatic N) is 1. The number of fused-ring (bicyclic) bond motifs is 1. The second kappa shape index (κ2) is 7.09. The molecule has 0 saturated heterocycles. The lowest BCUT2D eigenvalue weighted by atomic mass is 9.84. The highest BCUT2D eigenvalue weighted by Crippen LogP contribution is 2.42. The summed E-state index contributed by atoms with van der Waals surface area (Å²) in [4.78, 5) is 23.6. The lowest BCUT2D eigenvalue weighted by molar-refractivity contribution is -0.141. The summed E-state index contributed by atoms with van der Waals surface area (Å²) in [5, 5.41) is 1.13. The van der Waals surface area contributed by atoms with Crippen LogP contribution in [0.3, 0.4) is 0 Å². The summed E-state index contributed by atoms with van der Waals surface area (Å²) in [6.45, 7) is 1.70. The van der Waals surface area contributed by atoms with Crippen LogP contribution in [0.1, 0.15) is 60.9 Å². The van der Waals surface area contributed by atoms with E-state index in [2.05, 4.69) is 15.9 Å². The van der Waals surface area contributed by atoms with Crippen molar-refractivity contribution in [1.29, 1.82) is 0 Å². The van der Waals surface area contributed by atoms with Gasteiger partial charge in [-0.2, -0.15) is 0 Å². The SMILES string of the molecule is COC(=O)Cn1c(Br)c(C2CCCCC2)c2ccc(C(C)=O)cc21. The molecule has 1 aliphatic carbocycles. The van der Waals surface area contributed by atoms with Gasteiger partial charge in [0.1, 0.15) is 6.54 Å². The van der Waals surface area contributed by atoms with E-state index >= 15 is 0 Å². The molecule has 4 nitrogen and oxygen atoms in total. The van der Waals surface area contributed by atoms with E-state index in [1.54, 1.807) is 6.92 Å². The summed E-state index contributed by atoms with van der Waals surface area (Å²) in [7, 11) is 1.39. The lowest BCUT2D eigenvalue weighted by Crippen LogP contribution is -2.12. The second-order valence-corrected chi connectivity index (χ2v) is 7.24. The third kappa shape index (κ3) is 3.14. The van der Waals surface area contributed by atoms with Crippen molar-refractivity contribution in [3.63, 3.8) is 0 Å². The molecular weight excluding hydrogens is 370 g/mol. The molecule has 24 heavy (non-hydrogen) atoms. The molecule has 0 spiro atoms. The van der Waals surface area contributed by atoms with Gasteiger partial charge < -0.3 is 9.30 Å². The Labute approximate surface area is 150 Å². The zero-order chi connectivity index (χ0) is 17.3. The number of halogens is 1. The third-order valence-electron chi connectivity index (χ3n) is 4.97. The fourth-order valence-corrected chi connectivity index (χ4v) is 4.55. The van der Waals surface area contributed by atoms with Gasteiger partial charge in [0.25, 0.3) is 0 Å². The fourth-order valence-electron chi connectivity index (χ4n) is 3.69. The number of methoxy groups -OCH3 is 1. The Bertz CT molecular complexity index is 787. The van der Waals surface area contributed by atoms with Crippen LogP contribution in [0.25, 0.3) is 10.9 Å². The van der Waals surface area contributed by atoms with Crippen LogP contribution in [0.4, 0.5) is 0 Å². The van der Waals surface area contributed by atoms with Gasteiger partial charge in [-0.3, -0.25) is 9.59 Å². The van der Waals surface area contributed by atoms with Gasteiger partial charge in [-0.05, 0) is 53.2 Å². The Balaban J connectivity index is 2.18. The minimum atomic E-state index is -0.295. The molecule has 0 atom stereocenters. The molecule has 128 valence electrons. The van der Waals surface area contributed by atoms with E-state index in [4.69, 9.17) is 4.74 Å². The van der Waals surface area contributed by atoms with Crippen molar-refractivity contribution >= 4 is 38.6 Å². The highest BCUT2D eigenvalue weighted by Gasteiger charge is 2.25. The summed E-state index contributed by atoms with van der Waals surface area (Å²) < 4.78 is 7.71. The predicted octanol–water partition coefficient (Wildman–Crippen LogP) is 4.83. The zero-order valence-electron chi connectivity index (χ0n) is 14.1. The summed E-state index contributed by atoms with van der Waals surface area (Å²) in [6.07, 6.45) is 6.12. The topological polar surface area (TPSA) is 48.3 Å². The Morgan fingerprint density at radius 2 is 1.96 bits per heavy atom. The van der Waals surface area contributed by atoms with E-state index in [1.165, 1.54) is 44.8 Å². The van der Waals surface area contributed by atoms with E-state index in [-0.39, 0.29) is 18.3 Å². The number of aromatic nitrogens is 1. The van der Waals surface area contributed by atoms with E-state index in [0.717, 1.165) is 15.5 Å². The number of carbonyl (C=O) groups excluding carboxylic acids is 2. The first-order valence-corrected chi connectivity index (χ1v) is 9.21. The number of rotatable bonds is 4. The van der Waals surface area contributed by atoms with Crippen molar-refractivity contribution in [1.82, 2.24) is 4.57 Å². The van der Waals surface area contributed by atoms with Gasteiger partial charge >= 0.3 is 5.97 Å². The van der Waals surface area contributed by atoms with Crippen LogP contribution in [0, 0.1) is 0 Å². The van der Waals surface area contributed by atoms with Gasteiger partial charge in [0, 0.05) is 10.9 Å². The number of hydrogen-bond donors (Lipinski definition) is 0. The molecule has 0 radical (unpaired) electrons. The first-order valence-electron chi connectivity index (χ1n) is 8.42. The number of ketones is 1. The molecule has 5 heteroatoms. The van der Waals surface area contributed by atoms with E-state index in [9.17, 15) is 9.59 Å². The van der Waals surface area contributed by atoms with Gasteiger partial charge in [-0.15, -0.1) is 0 Å². The zero-order valence-corrected chi connectivity index (χ0v) is 15.7. The Kier molecular flexibility index (Phi) is 5.09. The molecule has 2 aromatic rings. The van der Waals surface area contributed by atoms with Gasteiger partial charge in [-0.1, -0.05) is 31.4 Å². The van der Waals surface area contributed by atoms with Crippen LogP contribution in [-0.4, -0.2) is 23.4 Å². The molecule has 0 unspecified atom stereocenters. The van der Waals surface area contributed by atoms with Gasteiger partial charge in [0.05, 0.1) is 17.2 Å². The molecule has 0 amide bonds. The third-order valence-corrected chi connectivity index (χ3v) is 5.83. The number of Topliss-reactive ketones (excluding diaryl/α,β-unsaturated/α-hetero) is 1. The van der Waals surface area contributed by atoms with Crippen molar-refractivity contribution in [3.05, 3.63) is 33.9 Å². The lowest BCUT2D eigenvalue weighted by Gasteiger charge is -2.22. The van der Waals surface area contributed by atoms with Crippen LogP contribution in [0.15, 0.2) is 22.8 Å². The average molecular weight is 392 g/mol. The number of carbonyl (C=O) groups is 2. The maximum Gasteiger partial charge on any atom is 0.325 e. The highest BCUT2D eigenvalue weighted by molar-refractivity contribution is 9.10. The molecule has 0 N–H and O–H groups in total. The monoisotopic (exact) mass is 391 g/mol. The largest absolute Gasteiger partial charge is 0.468 e. The molecule has 0 aliphatic heterocycles. The minimum Gasteiger partial charge on any atom is -0.468 e. The summed E-state index contributed by atoms with van der Waals surface area (Å²) in [5.74, 6) is 0.228. The van der Waals surface area contributed by atoms with E-state index < -0.39 is 0 Å². The molecule has 0 bridgehead atoms. The van der Waals surface area contributed by atoms with Crippen LogP contribution < -0.4 is 0 Å². The number of esters is 1. The summed E-state index contributed by atoms with van der Waals surface area (Å²) in [5.41, 5.74) is 2.85. The average Bonchev–Trinajstić information content (AvgIpc) is 2.86. The first kappa shape index (κ1) is 17.2. The van der Waals surface area contributed by atoms with Crippen molar-refractivity contribution in [3.8, 4) is 0 Å². The number of benzene rings is 1. The Morgan fingerprint density at radius 3 is 2.58 bits per heavy atom. The standard InChI is InChI=1S/C19H22BrNO3/c1-12(22)14-8-9-15-16(10-14)21(11-17(23)24-2)19(20)18(15)13-6-4-3-5-7-13/h8-10,13H,3-7,11H2,1-2H3. The molecule has 1 heterocycles. The molecule has 1 aliphatic rings. The van der Waals surface area contributed by atoms with Crippen molar-refractivity contribution < 1.29 is 14.3 Å². The number of hydrogen-bond acceptors (Lipinski definition) is 3. The van der Waals surface area contributed by atoms with Crippen LogP contribution in [-0.2, 0) is 16.1 Å². The molecule has 1 aromatic carbocycles. The van der Waals surface area contributed by atoms with Crippen molar-refractivity contribution in [2.24, 2.45) is 0 Å². The molecule has 1 saturated carbocycles. The smallest absolute Gasteiger partial charge is 0.325 e. The molecular formula is C19H22BrNO3. The van der Waals surface area contributed by atoms with Crippen molar-refractivity contribution in [2.75, 3.05) is 7.11 Å². The van der Waals surface area contributed by atoms with Crippen LogP contribution in [0.2, 0.25) is 0 Å². The molecule has 1 fully saturated rings. The maximum atomic E-state index is 11.9. The second-order valence-electron chi connectivity index (χ2n) is 6.49. The van der Waals surface area contributed by atoms with Gasteiger partial charge in [-0.25, -0.2) is 0 Å².